The number of hydrogen-bond donors (Lipinski definition) is 1. The second-order valence-corrected chi connectivity index (χ2v) is 8.56. The van der Waals surface area contributed by atoms with Gasteiger partial charge in [-0.1, -0.05) is 0 Å². The monoisotopic (exact) mass is 346 g/mol. The highest BCUT2D eigenvalue weighted by Gasteiger charge is 2.28. The van der Waals surface area contributed by atoms with E-state index in [1.165, 1.54) is 6.26 Å². The molecule has 2 saturated heterocycles. The van der Waals surface area contributed by atoms with Gasteiger partial charge in [-0.2, -0.15) is 0 Å². The van der Waals surface area contributed by atoms with Crippen LogP contribution in [0.4, 0.5) is 0 Å². The van der Waals surface area contributed by atoms with Crippen molar-refractivity contribution in [2.75, 3.05) is 59.2 Å². The smallest absolute Gasteiger partial charge is 0.211 e. The normalized spacial score (nSPS) is 26.7. The first kappa shape index (κ1) is 18.5. The van der Waals surface area contributed by atoms with E-state index < -0.39 is 10.0 Å². The van der Waals surface area contributed by atoms with E-state index >= 15 is 0 Å². The van der Waals surface area contributed by atoms with Crippen LogP contribution in [0.15, 0.2) is 4.99 Å². The molecule has 0 aromatic heterocycles. The lowest BCUT2D eigenvalue weighted by molar-refractivity contribution is 0.181. The van der Waals surface area contributed by atoms with Crippen LogP contribution in [0.25, 0.3) is 0 Å². The van der Waals surface area contributed by atoms with Gasteiger partial charge in [0.1, 0.15) is 0 Å². The second-order valence-electron chi connectivity index (χ2n) is 6.58. The summed E-state index contributed by atoms with van der Waals surface area (Å²) in [6.07, 6.45) is 3.27. The van der Waals surface area contributed by atoms with Gasteiger partial charge in [-0.15, -0.1) is 0 Å². The molecule has 2 aliphatic rings. The molecular weight excluding hydrogens is 316 g/mol. The van der Waals surface area contributed by atoms with Crippen molar-refractivity contribution in [1.29, 1.82) is 0 Å². The molecular formula is C15H30N4O3S. The van der Waals surface area contributed by atoms with Crippen molar-refractivity contribution in [3.63, 3.8) is 0 Å². The van der Waals surface area contributed by atoms with Crippen molar-refractivity contribution in [2.24, 2.45) is 16.8 Å². The zero-order valence-electron chi connectivity index (χ0n) is 14.5. The third-order valence-electron chi connectivity index (χ3n) is 4.47. The molecule has 2 rings (SSSR count). The van der Waals surface area contributed by atoms with Crippen LogP contribution in [-0.2, 0) is 14.8 Å². The highest BCUT2D eigenvalue weighted by molar-refractivity contribution is 7.88. The van der Waals surface area contributed by atoms with Gasteiger partial charge in [0.05, 0.1) is 12.9 Å². The zero-order valence-corrected chi connectivity index (χ0v) is 15.3. The van der Waals surface area contributed by atoms with Crippen molar-refractivity contribution in [2.45, 2.75) is 19.8 Å². The van der Waals surface area contributed by atoms with Crippen LogP contribution in [0.5, 0.6) is 0 Å². The number of guanidine groups is 1. The van der Waals surface area contributed by atoms with Crippen molar-refractivity contribution in [1.82, 2.24) is 14.5 Å². The van der Waals surface area contributed by atoms with E-state index in [0.717, 1.165) is 45.1 Å². The zero-order chi connectivity index (χ0) is 16.9. The van der Waals surface area contributed by atoms with E-state index in [-0.39, 0.29) is 0 Å². The standard InChI is InChI=1S/C15H30N4O3S/c1-4-16-15(18(2)10-14-6-8-22-12-14)17-9-13-5-7-19(11-13)23(3,20)21/h13-14H,4-12H2,1-3H3,(H,16,17). The summed E-state index contributed by atoms with van der Waals surface area (Å²) in [7, 11) is -1.02. The summed E-state index contributed by atoms with van der Waals surface area (Å²) in [5.74, 6) is 1.77. The van der Waals surface area contributed by atoms with Gasteiger partial charge in [-0.05, 0) is 25.7 Å². The largest absolute Gasteiger partial charge is 0.381 e. The Hall–Kier alpha value is -0.860. The Labute approximate surface area is 140 Å². The third-order valence-corrected chi connectivity index (χ3v) is 5.74. The summed E-state index contributed by atoms with van der Waals surface area (Å²) in [5, 5.41) is 3.32. The molecule has 1 N–H and O–H groups in total. The average molecular weight is 346 g/mol. The Morgan fingerprint density at radius 3 is 2.74 bits per heavy atom. The van der Waals surface area contributed by atoms with Crippen LogP contribution >= 0.6 is 0 Å². The molecule has 0 amide bonds. The van der Waals surface area contributed by atoms with Gasteiger partial charge in [0.15, 0.2) is 5.96 Å². The summed E-state index contributed by atoms with van der Waals surface area (Å²) in [6, 6.07) is 0. The Bertz CT molecular complexity index is 503. The molecule has 0 aromatic carbocycles. The van der Waals surface area contributed by atoms with E-state index in [9.17, 15) is 8.42 Å². The predicted octanol–water partition coefficient (Wildman–Crippen LogP) is 0.202. The molecule has 8 heteroatoms. The van der Waals surface area contributed by atoms with Gasteiger partial charge >= 0.3 is 0 Å². The summed E-state index contributed by atoms with van der Waals surface area (Å²) in [4.78, 5) is 6.88. The van der Waals surface area contributed by atoms with Crippen molar-refractivity contribution in [3.05, 3.63) is 0 Å². The van der Waals surface area contributed by atoms with E-state index in [4.69, 9.17) is 9.73 Å². The third kappa shape index (κ3) is 5.61. The van der Waals surface area contributed by atoms with Gasteiger partial charge < -0.3 is 15.0 Å². The van der Waals surface area contributed by atoms with Crippen LogP contribution in [0.1, 0.15) is 19.8 Å². The topological polar surface area (TPSA) is 74.2 Å². The number of hydrogen-bond acceptors (Lipinski definition) is 4. The lowest BCUT2D eigenvalue weighted by Gasteiger charge is -2.25. The Balaban J connectivity index is 1.88. The molecule has 2 heterocycles. The van der Waals surface area contributed by atoms with Crippen LogP contribution in [0.2, 0.25) is 0 Å². The maximum atomic E-state index is 11.6. The number of nitrogens with one attached hydrogen (secondary N) is 1. The molecule has 2 atom stereocenters. The Morgan fingerprint density at radius 2 is 2.17 bits per heavy atom. The van der Waals surface area contributed by atoms with E-state index in [2.05, 4.69) is 24.2 Å². The lowest BCUT2D eigenvalue weighted by Crippen LogP contribution is -2.41. The SMILES string of the molecule is CCNC(=NCC1CCN(S(C)(=O)=O)C1)N(C)CC1CCOC1. The molecule has 0 aromatic rings. The maximum absolute atomic E-state index is 11.6. The second kappa shape index (κ2) is 8.30. The molecule has 0 radical (unpaired) electrons. The van der Waals surface area contributed by atoms with Crippen molar-refractivity contribution < 1.29 is 13.2 Å². The Morgan fingerprint density at radius 1 is 1.39 bits per heavy atom. The molecule has 2 aliphatic heterocycles. The quantitative estimate of drug-likeness (QED) is 0.549. The number of aliphatic imine (C=N–C) groups is 1. The number of sulfonamides is 1. The molecule has 0 aliphatic carbocycles. The lowest BCUT2D eigenvalue weighted by atomic mass is 10.1. The summed E-state index contributed by atoms with van der Waals surface area (Å²) >= 11 is 0. The van der Waals surface area contributed by atoms with Gasteiger partial charge in [0, 0.05) is 52.3 Å². The Kier molecular flexibility index (Phi) is 6.67. The molecule has 2 unspecified atom stereocenters. The van der Waals surface area contributed by atoms with Gasteiger partial charge in [-0.25, -0.2) is 12.7 Å². The predicted molar refractivity (Wildman–Crippen MR) is 92.1 cm³/mol. The minimum atomic E-state index is -3.07. The van der Waals surface area contributed by atoms with Gasteiger partial charge in [0.25, 0.3) is 0 Å². The number of nitrogens with zero attached hydrogens (tertiary/aromatic N) is 3. The molecule has 0 bridgehead atoms. The molecule has 134 valence electrons. The highest BCUT2D eigenvalue weighted by Crippen LogP contribution is 2.19. The summed E-state index contributed by atoms with van der Waals surface area (Å²) in [5.41, 5.74) is 0. The van der Waals surface area contributed by atoms with Gasteiger partial charge in [0.2, 0.25) is 10.0 Å². The number of ether oxygens (including phenoxy) is 1. The van der Waals surface area contributed by atoms with Crippen LogP contribution in [0.3, 0.4) is 0 Å². The molecule has 2 fully saturated rings. The van der Waals surface area contributed by atoms with Crippen LogP contribution in [-0.4, -0.2) is 82.8 Å². The fourth-order valence-corrected chi connectivity index (χ4v) is 4.05. The van der Waals surface area contributed by atoms with E-state index in [1.807, 2.05) is 0 Å². The van der Waals surface area contributed by atoms with Crippen molar-refractivity contribution in [3.8, 4) is 0 Å². The fourth-order valence-electron chi connectivity index (χ4n) is 3.13. The fraction of sp³-hybridized carbons (Fsp3) is 0.933. The number of rotatable bonds is 6. The van der Waals surface area contributed by atoms with E-state index in [1.54, 1.807) is 4.31 Å². The minimum Gasteiger partial charge on any atom is -0.381 e. The molecule has 7 nitrogen and oxygen atoms in total. The summed E-state index contributed by atoms with van der Waals surface area (Å²) < 4.78 is 30.1. The molecule has 0 saturated carbocycles. The first-order chi connectivity index (χ1) is 10.9. The summed E-state index contributed by atoms with van der Waals surface area (Å²) in [6.45, 7) is 7.37. The van der Waals surface area contributed by atoms with Crippen molar-refractivity contribution >= 4 is 16.0 Å². The average Bonchev–Trinajstić information content (AvgIpc) is 3.13. The van der Waals surface area contributed by atoms with Crippen LogP contribution < -0.4 is 5.32 Å². The van der Waals surface area contributed by atoms with Crippen LogP contribution in [0, 0.1) is 11.8 Å². The van der Waals surface area contributed by atoms with E-state index in [0.29, 0.717) is 31.5 Å². The maximum Gasteiger partial charge on any atom is 0.211 e. The van der Waals surface area contributed by atoms with Gasteiger partial charge in [-0.3, -0.25) is 4.99 Å². The first-order valence-corrected chi connectivity index (χ1v) is 10.3. The first-order valence-electron chi connectivity index (χ1n) is 8.42. The molecule has 23 heavy (non-hydrogen) atoms. The minimum absolute atomic E-state index is 0.307. The highest BCUT2D eigenvalue weighted by atomic mass is 32.2. The molecule has 0 spiro atoms.